The average Bonchev–Trinajstić information content (AvgIpc) is 3.25. The van der Waals surface area contributed by atoms with Gasteiger partial charge in [-0.3, -0.25) is 14.7 Å². The van der Waals surface area contributed by atoms with E-state index in [0.29, 0.717) is 28.8 Å². The molecule has 0 bridgehead atoms. The minimum atomic E-state index is -0.225. The number of benzene rings is 2. The summed E-state index contributed by atoms with van der Waals surface area (Å²) >= 11 is 1.43. The number of carbonyl (C=O) groups excluding carboxylic acids is 1. The molecule has 0 aliphatic heterocycles. The highest BCUT2D eigenvalue weighted by molar-refractivity contribution is 7.22. The van der Waals surface area contributed by atoms with Crippen LogP contribution >= 0.6 is 11.3 Å². The van der Waals surface area contributed by atoms with Gasteiger partial charge in [0.05, 0.1) is 43.3 Å². The van der Waals surface area contributed by atoms with Crippen molar-refractivity contribution in [2.45, 2.75) is 13.5 Å². The molecule has 0 atom stereocenters. The predicted octanol–water partition coefficient (Wildman–Crippen LogP) is 4.95. The maximum atomic E-state index is 13.7. The number of hydrogen-bond acceptors (Lipinski definition) is 7. The highest BCUT2D eigenvalue weighted by Crippen LogP contribution is 2.34. The molecule has 2 aromatic heterocycles. The molecular formula is C24H23N3O4S. The molecule has 4 rings (SSSR count). The van der Waals surface area contributed by atoms with Gasteiger partial charge in [0.25, 0.3) is 5.91 Å². The molecule has 0 unspecified atom stereocenters. The maximum absolute atomic E-state index is 13.7. The summed E-state index contributed by atoms with van der Waals surface area (Å²) in [6.45, 7) is 2.80. The Hall–Kier alpha value is -3.65. The molecule has 7 nitrogen and oxygen atoms in total. The molecule has 8 heteroatoms. The quantitative estimate of drug-likeness (QED) is 0.379. The van der Waals surface area contributed by atoms with Gasteiger partial charge in [-0.1, -0.05) is 17.4 Å². The molecule has 1 amide bonds. The van der Waals surface area contributed by atoms with Gasteiger partial charge >= 0.3 is 0 Å². The number of nitrogens with zero attached hydrogens (tertiary/aromatic N) is 3. The number of ether oxygens (including phenoxy) is 3. The lowest BCUT2D eigenvalue weighted by atomic mass is 10.1. The highest BCUT2D eigenvalue weighted by atomic mass is 32.1. The monoisotopic (exact) mass is 449 g/mol. The third-order valence-electron chi connectivity index (χ3n) is 4.78. The van der Waals surface area contributed by atoms with Crippen LogP contribution in [0.4, 0.5) is 5.13 Å². The van der Waals surface area contributed by atoms with Crippen LogP contribution in [0.15, 0.2) is 60.8 Å². The SMILES string of the molecule is CCOc1ccc2nc(N(Cc3ccccn3)C(=O)c3cc(OC)cc(OC)c3)sc2c1. The summed E-state index contributed by atoms with van der Waals surface area (Å²) in [5.41, 5.74) is 1.99. The summed E-state index contributed by atoms with van der Waals surface area (Å²) in [6.07, 6.45) is 1.71. The number of amides is 1. The van der Waals surface area contributed by atoms with Gasteiger partial charge in [0, 0.05) is 17.8 Å². The molecule has 0 saturated carbocycles. The topological polar surface area (TPSA) is 73.8 Å². The first-order valence-electron chi connectivity index (χ1n) is 10.1. The van der Waals surface area contributed by atoms with Crippen LogP contribution in [-0.2, 0) is 6.54 Å². The first-order valence-corrected chi connectivity index (χ1v) is 10.9. The number of carbonyl (C=O) groups is 1. The molecule has 2 aromatic carbocycles. The van der Waals surface area contributed by atoms with Crippen LogP contribution in [0.2, 0.25) is 0 Å². The van der Waals surface area contributed by atoms with E-state index in [1.165, 1.54) is 11.3 Å². The number of hydrogen-bond donors (Lipinski definition) is 0. The second-order valence-corrected chi connectivity index (χ2v) is 7.88. The van der Waals surface area contributed by atoms with Gasteiger partial charge in [0.15, 0.2) is 5.13 Å². The molecule has 0 aliphatic carbocycles. The van der Waals surface area contributed by atoms with Crippen molar-refractivity contribution in [1.29, 1.82) is 0 Å². The van der Waals surface area contributed by atoms with Crippen molar-refractivity contribution in [1.82, 2.24) is 9.97 Å². The minimum Gasteiger partial charge on any atom is -0.497 e. The largest absolute Gasteiger partial charge is 0.497 e. The number of fused-ring (bicyclic) bond motifs is 1. The van der Waals surface area contributed by atoms with E-state index in [2.05, 4.69) is 4.98 Å². The normalized spacial score (nSPS) is 10.7. The Morgan fingerprint density at radius 3 is 2.44 bits per heavy atom. The Labute approximate surface area is 190 Å². The van der Waals surface area contributed by atoms with Gasteiger partial charge in [-0.05, 0) is 49.4 Å². The molecule has 32 heavy (non-hydrogen) atoms. The van der Waals surface area contributed by atoms with Gasteiger partial charge in [-0.25, -0.2) is 4.98 Å². The molecule has 2 heterocycles. The molecule has 164 valence electrons. The van der Waals surface area contributed by atoms with Gasteiger partial charge in [0.2, 0.25) is 0 Å². The lowest BCUT2D eigenvalue weighted by Gasteiger charge is -2.20. The van der Waals surface area contributed by atoms with Crippen LogP contribution in [0.1, 0.15) is 23.0 Å². The zero-order valence-corrected chi connectivity index (χ0v) is 18.9. The Balaban J connectivity index is 1.77. The first-order chi connectivity index (χ1) is 15.6. The molecule has 0 radical (unpaired) electrons. The van der Waals surface area contributed by atoms with Crippen LogP contribution in [-0.4, -0.2) is 36.7 Å². The molecule has 0 spiro atoms. The average molecular weight is 450 g/mol. The van der Waals surface area contributed by atoms with Crippen molar-refractivity contribution in [2.75, 3.05) is 25.7 Å². The summed E-state index contributed by atoms with van der Waals surface area (Å²) in [5.74, 6) is 1.62. The van der Waals surface area contributed by atoms with Crippen LogP contribution < -0.4 is 19.1 Å². The molecule has 0 aliphatic rings. The molecular weight excluding hydrogens is 426 g/mol. The fourth-order valence-corrected chi connectivity index (χ4v) is 4.22. The second kappa shape index (κ2) is 9.65. The van der Waals surface area contributed by atoms with E-state index in [1.807, 2.05) is 43.3 Å². The van der Waals surface area contributed by atoms with Crippen molar-refractivity contribution >= 4 is 32.6 Å². The first kappa shape index (κ1) is 21.6. The van der Waals surface area contributed by atoms with E-state index in [-0.39, 0.29) is 12.5 Å². The van der Waals surface area contributed by atoms with E-state index in [0.717, 1.165) is 21.7 Å². The second-order valence-electron chi connectivity index (χ2n) is 6.87. The van der Waals surface area contributed by atoms with Crippen molar-refractivity contribution in [3.8, 4) is 17.2 Å². The molecule has 0 fully saturated rings. The van der Waals surface area contributed by atoms with E-state index < -0.39 is 0 Å². The fraction of sp³-hybridized carbons (Fsp3) is 0.208. The van der Waals surface area contributed by atoms with Crippen molar-refractivity contribution in [3.63, 3.8) is 0 Å². The Kier molecular flexibility index (Phi) is 6.51. The lowest BCUT2D eigenvalue weighted by Crippen LogP contribution is -2.30. The zero-order chi connectivity index (χ0) is 22.5. The molecule has 0 N–H and O–H groups in total. The maximum Gasteiger partial charge on any atom is 0.260 e. The fourth-order valence-electron chi connectivity index (χ4n) is 3.23. The summed E-state index contributed by atoms with van der Waals surface area (Å²) in [5, 5.41) is 0.575. The Bertz CT molecular complexity index is 1200. The third kappa shape index (κ3) is 4.65. The number of pyridine rings is 1. The van der Waals surface area contributed by atoms with Crippen LogP contribution in [0.25, 0.3) is 10.2 Å². The number of anilines is 1. The number of methoxy groups -OCH3 is 2. The predicted molar refractivity (Wildman–Crippen MR) is 125 cm³/mol. The zero-order valence-electron chi connectivity index (χ0n) is 18.1. The van der Waals surface area contributed by atoms with Crippen molar-refractivity contribution in [2.24, 2.45) is 0 Å². The van der Waals surface area contributed by atoms with Crippen LogP contribution in [0, 0.1) is 0 Å². The summed E-state index contributed by atoms with van der Waals surface area (Å²) in [7, 11) is 3.11. The molecule has 0 saturated heterocycles. The Morgan fingerprint density at radius 1 is 1.00 bits per heavy atom. The van der Waals surface area contributed by atoms with Gasteiger partial charge in [-0.2, -0.15) is 0 Å². The summed E-state index contributed by atoms with van der Waals surface area (Å²) in [4.78, 5) is 24.4. The number of aromatic nitrogens is 2. The lowest BCUT2D eigenvalue weighted by molar-refractivity contribution is 0.0984. The van der Waals surface area contributed by atoms with E-state index in [9.17, 15) is 4.79 Å². The number of thiazole rings is 1. The number of rotatable bonds is 8. The smallest absolute Gasteiger partial charge is 0.260 e. The van der Waals surface area contributed by atoms with E-state index >= 15 is 0 Å². The minimum absolute atomic E-state index is 0.225. The van der Waals surface area contributed by atoms with Crippen molar-refractivity contribution in [3.05, 3.63) is 72.1 Å². The Morgan fingerprint density at radius 2 is 1.78 bits per heavy atom. The van der Waals surface area contributed by atoms with E-state index in [4.69, 9.17) is 19.2 Å². The van der Waals surface area contributed by atoms with Gasteiger partial charge < -0.3 is 14.2 Å². The van der Waals surface area contributed by atoms with Crippen LogP contribution in [0.3, 0.4) is 0 Å². The van der Waals surface area contributed by atoms with Crippen LogP contribution in [0.5, 0.6) is 17.2 Å². The molecule has 4 aromatic rings. The van der Waals surface area contributed by atoms with Gasteiger partial charge in [0.1, 0.15) is 17.2 Å². The summed E-state index contributed by atoms with van der Waals surface area (Å²) < 4.78 is 17.2. The van der Waals surface area contributed by atoms with Gasteiger partial charge in [-0.15, -0.1) is 0 Å². The summed E-state index contributed by atoms with van der Waals surface area (Å²) in [6, 6.07) is 16.5. The highest BCUT2D eigenvalue weighted by Gasteiger charge is 2.23. The standard InChI is InChI=1S/C24H23N3O4S/c1-4-31-18-8-9-21-22(14-18)32-24(26-21)27(15-17-7-5-6-10-25-17)23(28)16-11-19(29-2)13-20(12-16)30-3/h5-14H,4,15H2,1-3H3. The third-order valence-corrected chi connectivity index (χ3v) is 5.82. The van der Waals surface area contributed by atoms with E-state index in [1.54, 1.807) is 43.5 Å². The van der Waals surface area contributed by atoms with Crippen molar-refractivity contribution < 1.29 is 19.0 Å².